The summed E-state index contributed by atoms with van der Waals surface area (Å²) >= 11 is 0. The smallest absolute Gasteiger partial charge is 0.411 e. The number of carbonyl (C=O) groups is 1. The van der Waals surface area contributed by atoms with E-state index in [4.69, 9.17) is 13.6 Å². The highest BCUT2D eigenvalue weighted by atomic mass is 28.4. The molecule has 0 unspecified atom stereocenters. The maximum atomic E-state index is 13.9. The Kier molecular flexibility index (Phi) is 16.4. The average molecular weight is 667 g/mol. The first kappa shape index (κ1) is 42.1. The monoisotopic (exact) mass is 667 g/mol. The van der Waals surface area contributed by atoms with Crippen LogP contribution < -0.4 is 0 Å². The molecule has 0 aromatic carbocycles. The zero-order valence-electron chi connectivity index (χ0n) is 32.4. The Hall–Kier alpha value is -0.886. The maximum absolute atomic E-state index is 13.9. The summed E-state index contributed by atoms with van der Waals surface area (Å²) in [5, 5.41) is 11.1. The van der Waals surface area contributed by atoms with Crippen LogP contribution in [0.1, 0.15) is 154 Å². The van der Waals surface area contributed by atoms with Crippen molar-refractivity contribution in [1.82, 2.24) is 4.90 Å². The van der Waals surface area contributed by atoms with Gasteiger partial charge in [0, 0.05) is 19.3 Å². The number of carbonyl (C=O) groups excluding carboxylic acids is 1. The van der Waals surface area contributed by atoms with Crippen molar-refractivity contribution in [1.29, 1.82) is 5.26 Å². The molecule has 1 rings (SSSR count). The van der Waals surface area contributed by atoms with Crippen LogP contribution in [0, 0.1) is 17.2 Å². The van der Waals surface area contributed by atoms with Crippen LogP contribution in [0.25, 0.3) is 0 Å². The fourth-order valence-electron chi connectivity index (χ4n) is 7.49. The normalized spacial score (nSPS) is 20.9. The van der Waals surface area contributed by atoms with E-state index in [2.05, 4.69) is 88.4 Å². The summed E-state index contributed by atoms with van der Waals surface area (Å²) in [6, 6.07) is 2.75. The minimum Gasteiger partial charge on any atom is -0.444 e. The molecule has 1 amide bonds. The van der Waals surface area contributed by atoms with Gasteiger partial charge in [-0.05, 0) is 100.0 Å². The van der Waals surface area contributed by atoms with Gasteiger partial charge in [-0.2, -0.15) is 5.26 Å². The van der Waals surface area contributed by atoms with Crippen LogP contribution in [0.5, 0.6) is 0 Å². The van der Waals surface area contributed by atoms with Gasteiger partial charge >= 0.3 is 6.09 Å². The van der Waals surface area contributed by atoms with Crippen molar-refractivity contribution in [3.8, 4) is 6.07 Å². The summed E-state index contributed by atoms with van der Waals surface area (Å²) in [6.07, 6.45) is 9.38. The number of hydrogen-bond donors (Lipinski definition) is 0. The lowest BCUT2D eigenvalue weighted by atomic mass is 9.70. The molecule has 0 heterocycles. The molecule has 6 nitrogen and oxygen atoms in total. The predicted octanol–water partition coefficient (Wildman–Crippen LogP) is 11.6. The zero-order chi connectivity index (χ0) is 34.9. The molecule has 1 saturated carbocycles. The molecule has 1 fully saturated rings. The number of nitriles is 1. The molecule has 0 radical (unpaired) electrons. The van der Waals surface area contributed by atoms with Crippen molar-refractivity contribution >= 4 is 22.7 Å². The summed E-state index contributed by atoms with van der Waals surface area (Å²) in [5.74, 6) is 0.0889. The quantitative estimate of drug-likeness (QED) is 0.114. The summed E-state index contributed by atoms with van der Waals surface area (Å²) < 4.78 is 19.8. The van der Waals surface area contributed by atoms with E-state index in [9.17, 15) is 10.1 Å². The van der Waals surface area contributed by atoms with E-state index in [-0.39, 0.29) is 23.2 Å². The summed E-state index contributed by atoms with van der Waals surface area (Å²) in [7, 11) is -3.96. The van der Waals surface area contributed by atoms with Crippen LogP contribution in [0.2, 0.25) is 34.8 Å². The Balaban J connectivity index is 3.37. The highest BCUT2D eigenvalue weighted by Gasteiger charge is 2.50. The molecule has 0 aromatic heterocycles. The maximum Gasteiger partial charge on any atom is 0.411 e. The van der Waals surface area contributed by atoms with Gasteiger partial charge in [0.1, 0.15) is 11.1 Å². The Morgan fingerprint density at radius 2 is 1.53 bits per heavy atom. The van der Waals surface area contributed by atoms with Gasteiger partial charge in [0.2, 0.25) is 8.32 Å². The van der Waals surface area contributed by atoms with Gasteiger partial charge < -0.3 is 13.6 Å². The van der Waals surface area contributed by atoms with Crippen LogP contribution >= 0.6 is 0 Å². The van der Waals surface area contributed by atoms with E-state index < -0.39 is 27.8 Å². The number of hydrogen-bond acceptors (Lipinski definition) is 5. The first-order valence-electron chi connectivity index (χ1n) is 18.3. The van der Waals surface area contributed by atoms with Gasteiger partial charge in [0.15, 0.2) is 8.32 Å². The molecular weight excluding hydrogens is 593 g/mol. The third kappa shape index (κ3) is 11.4. The lowest BCUT2D eigenvalue weighted by molar-refractivity contribution is -0.0184. The number of ether oxygens (including phenoxy) is 1. The van der Waals surface area contributed by atoms with E-state index in [0.717, 1.165) is 51.4 Å². The highest BCUT2D eigenvalue weighted by molar-refractivity contribution is 6.77. The van der Waals surface area contributed by atoms with Crippen molar-refractivity contribution in [2.24, 2.45) is 5.92 Å². The first-order valence-corrected chi connectivity index (χ1v) is 23.4. The number of nitrogens with zero attached hydrogens (tertiary/aromatic N) is 2. The number of rotatable bonds is 17. The lowest BCUT2D eigenvalue weighted by Gasteiger charge is -2.48. The molecule has 0 N–H and O–H groups in total. The molecule has 1 aliphatic rings. The average Bonchev–Trinajstić information content (AvgIpc) is 2.90. The molecule has 1 aliphatic carbocycles. The van der Waals surface area contributed by atoms with Crippen LogP contribution in [0.4, 0.5) is 4.79 Å². The highest BCUT2D eigenvalue weighted by Crippen LogP contribution is 2.46. The second-order valence-corrected chi connectivity index (χ2v) is 27.6. The fourth-order valence-corrected chi connectivity index (χ4v) is 14.2. The largest absolute Gasteiger partial charge is 0.444 e. The molecule has 0 aliphatic heterocycles. The van der Waals surface area contributed by atoms with Crippen molar-refractivity contribution in [2.45, 2.75) is 206 Å². The van der Waals surface area contributed by atoms with Gasteiger partial charge in [-0.3, -0.25) is 4.90 Å². The van der Waals surface area contributed by atoms with E-state index in [1.165, 1.54) is 0 Å². The molecule has 3 atom stereocenters. The minimum atomic E-state index is -2.05. The van der Waals surface area contributed by atoms with Crippen LogP contribution in [-0.2, 0) is 13.6 Å². The molecule has 8 heteroatoms. The minimum absolute atomic E-state index is 0.0889. The fraction of sp³-hybridized carbons (Fsp3) is 0.946. The topological polar surface area (TPSA) is 71.8 Å². The standard InChI is InChI=1S/C37H74N2O4Si2/c1-16-17-22-33(43-45(29(2)3,30(4)5)31(6)7)24-23-32-21-18-19-25-37(32,28-38)39(34(40)42-35(8,9)10)26-20-27-41-44(14,15)36(11,12)13/h29-33H,16-27H2,1-15H3/t32-,33-,37-/m0/s1. The lowest BCUT2D eigenvalue weighted by Crippen LogP contribution is -2.58. The Morgan fingerprint density at radius 3 is 2.00 bits per heavy atom. The van der Waals surface area contributed by atoms with Gasteiger partial charge in [-0.25, -0.2) is 4.79 Å². The Labute approximate surface area is 282 Å². The molecular formula is C37H74N2O4Si2. The molecule has 0 spiro atoms. The third-order valence-electron chi connectivity index (χ3n) is 10.9. The molecule has 0 bridgehead atoms. The number of unbranched alkanes of at least 4 members (excludes halogenated alkanes) is 1. The van der Waals surface area contributed by atoms with E-state index in [1.54, 1.807) is 0 Å². The first-order chi connectivity index (χ1) is 20.6. The molecule has 45 heavy (non-hydrogen) atoms. The van der Waals surface area contributed by atoms with Crippen LogP contribution in [0.15, 0.2) is 0 Å². The van der Waals surface area contributed by atoms with Crippen molar-refractivity contribution in [2.75, 3.05) is 13.2 Å². The second-order valence-electron chi connectivity index (χ2n) is 17.4. The van der Waals surface area contributed by atoms with Crippen molar-refractivity contribution in [3.63, 3.8) is 0 Å². The van der Waals surface area contributed by atoms with Crippen LogP contribution in [0.3, 0.4) is 0 Å². The summed E-state index contributed by atoms with van der Waals surface area (Å²) in [6.45, 7) is 34.5. The van der Waals surface area contributed by atoms with Crippen molar-refractivity contribution in [3.05, 3.63) is 0 Å². The van der Waals surface area contributed by atoms with Gasteiger partial charge in [-0.15, -0.1) is 0 Å². The van der Waals surface area contributed by atoms with E-state index in [0.29, 0.717) is 42.6 Å². The molecule has 0 aromatic rings. The Bertz CT molecular complexity index is 910. The zero-order valence-corrected chi connectivity index (χ0v) is 34.4. The predicted molar refractivity (Wildman–Crippen MR) is 196 cm³/mol. The second kappa shape index (κ2) is 17.5. The SMILES string of the molecule is CCCC[C@@H](CC[C@@H]1CCCC[C@@]1(C#N)N(CCCO[Si](C)(C)C(C)(C)C)C(=O)OC(C)(C)C)O[Si](C(C)C)(C(C)C)C(C)C. The molecule has 0 saturated heterocycles. The Morgan fingerprint density at radius 1 is 0.956 bits per heavy atom. The molecule has 264 valence electrons. The van der Waals surface area contributed by atoms with E-state index in [1.807, 2.05) is 25.7 Å². The third-order valence-corrected chi connectivity index (χ3v) is 21.6. The van der Waals surface area contributed by atoms with E-state index >= 15 is 0 Å². The van der Waals surface area contributed by atoms with Crippen molar-refractivity contribution < 1.29 is 18.4 Å². The van der Waals surface area contributed by atoms with Crippen LogP contribution in [-0.4, -0.2) is 58.0 Å². The summed E-state index contributed by atoms with van der Waals surface area (Å²) in [5.41, 5.74) is 0.0862. The van der Waals surface area contributed by atoms with Gasteiger partial charge in [-0.1, -0.05) is 94.9 Å². The number of amides is 1. The van der Waals surface area contributed by atoms with Gasteiger partial charge in [0.25, 0.3) is 0 Å². The summed E-state index contributed by atoms with van der Waals surface area (Å²) in [4.78, 5) is 15.7. The van der Waals surface area contributed by atoms with Gasteiger partial charge in [0.05, 0.1) is 6.07 Å².